The van der Waals surface area contributed by atoms with Gasteiger partial charge in [-0.2, -0.15) is 0 Å². The summed E-state index contributed by atoms with van der Waals surface area (Å²) in [4.78, 5) is 12.7. The predicted molar refractivity (Wildman–Crippen MR) is 118 cm³/mol. The van der Waals surface area contributed by atoms with Crippen LogP contribution < -0.4 is 9.62 Å². The van der Waals surface area contributed by atoms with Crippen LogP contribution in [0.2, 0.25) is 5.02 Å². The van der Waals surface area contributed by atoms with E-state index in [2.05, 4.69) is 23.5 Å². The largest absolute Gasteiger partial charge is 0.348 e. The van der Waals surface area contributed by atoms with E-state index in [9.17, 15) is 13.2 Å². The Morgan fingerprint density at radius 2 is 1.76 bits per heavy atom. The minimum atomic E-state index is -3.62. The lowest BCUT2D eigenvalue weighted by atomic mass is 9.89. The third-order valence-corrected chi connectivity index (χ3v) is 6.71. The fraction of sp³-hybridized carbons (Fsp3) is 0.409. The van der Waals surface area contributed by atoms with E-state index in [0.717, 1.165) is 35.4 Å². The van der Waals surface area contributed by atoms with Gasteiger partial charge in [0, 0.05) is 5.02 Å². The highest BCUT2D eigenvalue weighted by atomic mass is 35.5. The number of aryl methyl sites for hydroxylation is 2. The van der Waals surface area contributed by atoms with Crippen molar-refractivity contribution in [2.75, 3.05) is 17.1 Å². The first-order valence-corrected chi connectivity index (χ1v) is 12.1. The van der Waals surface area contributed by atoms with Crippen LogP contribution >= 0.6 is 11.6 Å². The van der Waals surface area contributed by atoms with Crippen molar-refractivity contribution >= 4 is 33.2 Å². The van der Waals surface area contributed by atoms with Gasteiger partial charge in [-0.1, -0.05) is 36.7 Å². The van der Waals surface area contributed by atoms with Gasteiger partial charge in [-0.25, -0.2) is 8.42 Å². The van der Waals surface area contributed by atoms with E-state index < -0.39 is 10.0 Å². The fourth-order valence-electron chi connectivity index (χ4n) is 3.77. The summed E-state index contributed by atoms with van der Waals surface area (Å²) in [5.74, 6) is -0.338. The topological polar surface area (TPSA) is 66.5 Å². The zero-order chi connectivity index (χ0) is 21.0. The number of sulfonamides is 1. The van der Waals surface area contributed by atoms with Gasteiger partial charge in [-0.05, 0) is 73.1 Å². The summed E-state index contributed by atoms with van der Waals surface area (Å²) in [6.07, 6.45) is 6.44. The lowest BCUT2D eigenvalue weighted by Gasteiger charge is -2.25. The molecule has 0 saturated carbocycles. The summed E-state index contributed by atoms with van der Waals surface area (Å²) in [6, 6.07) is 12.7. The molecule has 1 aliphatic rings. The molecule has 1 aliphatic carbocycles. The Morgan fingerprint density at radius 3 is 2.38 bits per heavy atom. The molecule has 0 spiro atoms. The van der Waals surface area contributed by atoms with E-state index in [4.69, 9.17) is 11.6 Å². The van der Waals surface area contributed by atoms with E-state index in [1.807, 2.05) is 6.92 Å². The average molecular weight is 435 g/mol. The van der Waals surface area contributed by atoms with Crippen LogP contribution in [0.5, 0.6) is 0 Å². The fourth-order valence-corrected chi connectivity index (χ4v) is 4.75. The number of hydrogen-bond acceptors (Lipinski definition) is 3. The molecule has 1 atom stereocenters. The second-order valence-electron chi connectivity index (χ2n) is 7.51. The summed E-state index contributed by atoms with van der Waals surface area (Å²) < 4.78 is 25.6. The minimum Gasteiger partial charge on any atom is -0.348 e. The van der Waals surface area contributed by atoms with Crippen LogP contribution in [0.3, 0.4) is 0 Å². The first-order chi connectivity index (χ1) is 13.8. The van der Waals surface area contributed by atoms with Gasteiger partial charge in [0.2, 0.25) is 15.9 Å². The molecule has 2 aromatic rings. The second kappa shape index (κ2) is 9.18. The first kappa shape index (κ1) is 21.7. The van der Waals surface area contributed by atoms with Crippen LogP contribution in [-0.4, -0.2) is 27.1 Å². The van der Waals surface area contributed by atoms with E-state index in [1.54, 1.807) is 24.3 Å². The quantitative estimate of drug-likeness (QED) is 0.708. The number of rotatable bonds is 7. The van der Waals surface area contributed by atoms with Crippen LogP contribution in [0.1, 0.15) is 48.9 Å². The zero-order valence-corrected chi connectivity index (χ0v) is 18.4. The molecule has 0 heterocycles. The molecule has 29 heavy (non-hydrogen) atoms. The second-order valence-corrected chi connectivity index (χ2v) is 9.85. The highest BCUT2D eigenvalue weighted by molar-refractivity contribution is 7.92. The molecule has 0 saturated heterocycles. The van der Waals surface area contributed by atoms with Crippen molar-refractivity contribution in [3.8, 4) is 0 Å². The van der Waals surface area contributed by atoms with Gasteiger partial charge >= 0.3 is 0 Å². The SMILES string of the molecule is CC[C@H](NC(=O)CN(c1ccc(Cl)cc1)S(C)(=O)=O)c1ccc2c(c1)CCCC2. The van der Waals surface area contributed by atoms with Gasteiger partial charge in [0.05, 0.1) is 18.0 Å². The van der Waals surface area contributed by atoms with Crippen molar-refractivity contribution < 1.29 is 13.2 Å². The Morgan fingerprint density at radius 1 is 1.10 bits per heavy atom. The number of anilines is 1. The van der Waals surface area contributed by atoms with E-state index in [0.29, 0.717) is 10.7 Å². The minimum absolute atomic E-state index is 0.152. The number of carbonyl (C=O) groups excluding carboxylic acids is 1. The van der Waals surface area contributed by atoms with Crippen molar-refractivity contribution in [2.45, 2.75) is 45.1 Å². The summed E-state index contributed by atoms with van der Waals surface area (Å²) in [7, 11) is -3.62. The maximum absolute atomic E-state index is 12.7. The van der Waals surface area contributed by atoms with Gasteiger partial charge in [-0.3, -0.25) is 9.10 Å². The number of hydrogen-bond donors (Lipinski definition) is 1. The third-order valence-electron chi connectivity index (χ3n) is 5.32. The third kappa shape index (κ3) is 5.52. The number of carbonyl (C=O) groups is 1. The van der Waals surface area contributed by atoms with Crippen molar-refractivity contribution in [2.24, 2.45) is 0 Å². The Hall–Kier alpha value is -2.05. The molecule has 0 unspecified atom stereocenters. The molecule has 7 heteroatoms. The molecule has 0 bridgehead atoms. The van der Waals surface area contributed by atoms with Crippen molar-refractivity contribution in [3.05, 3.63) is 64.2 Å². The Balaban J connectivity index is 1.75. The molecule has 0 aliphatic heterocycles. The molecular weight excluding hydrogens is 408 g/mol. The van der Waals surface area contributed by atoms with Gasteiger partial charge in [-0.15, -0.1) is 0 Å². The van der Waals surface area contributed by atoms with Crippen LogP contribution in [0.25, 0.3) is 0 Å². The highest BCUT2D eigenvalue weighted by Crippen LogP contribution is 2.26. The Labute approximate surface area is 178 Å². The Kier molecular flexibility index (Phi) is 6.85. The number of amides is 1. The Bertz CT molecular complexity index is 974. The molecule has 2 aromatic carbocycles. The van der Waals surface area contributed by atoms with Crippen LogP contribution in [0, 0.1) is 0 Å². The standard InChI is InChI=1S/C22H27ClN2O3S/c1-3-21(18-9-8-16-6-4-5-7-17(16)14-18)24-22(26)15-25(29(2,27)28)20-12-10-19(23)11-13-20/h8-14,21H,3-7,15H2,1-2H3,(H,24,26)/t21-/m0/s1. The van der Waals surface area contributed by atoms with Crippen LogP contribution in [0.4, 0.5) is 5.69 Å². The summed E-state index contributed by atoms with van der Waals surface area (Å²) >= 11 is 5.89. The highest BCUT2D eigenvalue weighted by Gasteiger charge is 2.23. The molecule has 0 aromatic heterocycles. The molecule has 0 radical (unpaired) electrons. The van der Waals surface area contributed by atoms with Crippen molar-refractivity contribution in [1.29, 1.82) is 0 Å². The number of fused-ring (bicyclic) bond motifs is 1. The molecule has 1 amide bonds. The van der Waals surface area contributed by atoms with E-state index in [-0.39, 0.29) is 18.5 Å². The van der Waals surface area contributed by atoms with Gasteiger partial charge in [0.15, 0.2) is 0 Å². The zero-order valence-electron chi connectivity index (χ0n) is 16.8. The first-order valence-electron chi connectivity index (χ1n) is 9.92. The van der Waals surface area contributed by atoms with Gasteiger partial charge in [0.25, 0.3) is 0 Å². The normalized spacial score (nSPS) is 14.7. The number of nitrogens with zero attached hydrogens (tertiary/aromatic N) is 1. The molecular formula is C22H27ClN2O3S. The summed E-state index contributed by atoms with van der Waals surface area (Å²) in [6.45, 7) is 1.74. The van der Waals surface area contributed by atoms with Gasteiger partial charge in [0.1, 0.15) is 6.54 Å². The number of nitrogens with one attached hydrogen (secondary N) is 1. The van der Waals surface area contributed by atoms with Crippen molar-refractivity contribution in [3.63, 3.8) is 0 Å². The van der Waals surface area contributed by atoms with Crippen LogP contribution in [0.15, 0.2) is 42.5 Å². The molecule has 3 rings (SSSR count). The summed E-state index contributed by atoms with van der Waals surface area (Å²) in [5, 5.41) is 3.51. The maximum atomic E-state index is 12.7. The van der Waals surface area contributed by atoms with E-state index in [1.165, 1.54) is 24.0 Å². The molecule has 1 N–H and O–H groups in total. The van der Waals surface area contributed by atoms with Gasteiger partial charge < -0.3 is 5.32 Å². The summed E-state index contributed by atoms with van der Waals surface area (Å²) in [5.41, 5.74) is 4.24. The number of halogens is 1. The van der Waals surface area contributed by atoms with E-state index >= 15 is 0 Å². The molecule has 156 valence electrons. The number of benzene rings is 2. The smallest absolute Gasteiger partial charge is 0.241 e. The lowest BCUT2D eigenvalue weighted by Crippen LogP contribution is -2.41. The predicted octanol–water partition coefficient (Wildman–Crippen LogP) is 4.25. The van der Waals surface area contributed by atoms with Crippen LogP contribution in [-0.2, 0) is 27.7 Å². The van der Waals surface area contributed by atoms with Crippen molar-refractivity contribution in [1.82, 2.24) is 5.32 Å². The monoisotopic (exact) mass is 434 g/mol. The molecule has 5 nitrogen and oxygen atoms in total. The molecule has 0 fully saturated rings. The average Bonchev–Trinajstić information content (AvgIpc) is 2.70. The maximum Gasteiger partial charge on any atom is 0.241 e. The lowest BCUT2D eigenvalue weighted by molar-refractivity contribution is -0.120.